The van der Waals surface area contributed by atoms with E-state index < -0.39 is 5.82 Å². The fraction of sp³-hybridized carbons (Fsp3) is 0.500. The lowest BCUT2D eigenvalue weighted by Crippen LogP contribution is -2.38. The fourth-order valence-corrected chi connectivity index (χ4v) is 2.34. The maximum atomic E-state index is 13.2. The second kappa shape index (κ2) is 6.02. The quantitative estimate of drug-likeness (QED) is 0.879. The average molecular weight is 267 g/mol. The molecule has 0 atom stereocenters. The molecule has 104 valence electrons. The zero-order chi connectivity index (χ0) is 13.8. The van der Waals surface area contributed by atoms with Crippen LogP contribution in [0.4, 0.5) is 4.39 Å². The Balaban J connectivity index is 2.05. The zero-order valence-electron chi connectivity index (χ0n) is 10.9. The van der Waals surface area contributed by atoms with Gasteiger partial charge in [0.25, 0.3) is 5.91 Å². The van der Waals surface area contributed by atoms with E-state index in [1.54, 1.807) is 0 Å². The number of rotatable bonds is 3. The van der Waals surface area contributed by atoms with E-state index in [-0.39, 0.29) is 23.6 Å². The van der Waals surface area contributed by atoms with Crippen molar-refractivity contribution < 1.29 is 19.0 Å². The number of nitrogens with one attached hydrogen (secondary N) is 1. The Bertz CT molecular complexity index is 456. The van der Waals surface area contributed by atoms with E-state index in [2.05, 4.69) is 5.32 Å². The molecule has 1 saturated carbocycles. The first-order valence-corrected chi connectivity index (χ1v) is 6.42. The third-order valence-corrected chi connectivity index (χ3v) is 3.44. The molecule has 0 radical (unpaired) electrons. The first-order valence-electron chi connectivity index (χ1n) is 6.42. The number of halogens is 1. The number of amides is 1. The van der Waals surface area contributed by atoms with E-state index in [1.807, 2.05) is 0 Å². The number of carbonyl (C=O) groups excluding carboxylic acids is 1. The molecule has 1 fully saturated rings. The number of hydrogen-bond acceptors (Lipinski definition) is 3. The van der Waals surface area contributed by atoms with Gasteiger partial charge >= 0.3 is 0 Å². The third-order valence-electron chi connectivity index (χ3n) is 3.44. The van der Waals surface area contributed by atoms with E-state index in [0.29, 0.717) is 18.6 Å². The Kier molecular flexibility index (Phi) is 4.37. The van der Waals surface area contributed by atoms with Gasteiger partial charge < -0.3 is 15.2 Å². The number of carbonyl (C=O) groups is 1. The summed E-state index contributed by atoms with van der Waals surface area (Å²) in [5, 5.41) is 12.3. The first kappa shape index (κ1) is 13.8. The normalized spacial score (nSPS) is 22.9. The van der Waals surface area contributed by atoms with E-state index >= 15 is 0 Å². The standard InChI is InChI=1S/C14H18FNO3/c1-19-13-7-2-9(15)8-12(13)14(18)16-10-3-5-11(17)6-4-10/h2,7-8,10-11,17H,3-6H2,1H3,(H,16,18). The van der Waals surface area contributed by atoms with Crippen LogP contribution in [0.25, 0.3) is 0 Å². The van der Waals surface area contributed by atoms with Gasteiger partial charge in [-0.2, -0.15) is 0 Å². The highest BCUT2D eigenvalue weighted by molar-refractivity contribution is 5.97. The highest BCUT2D eigenvalue weighted by Gasteiger charge is 2.22. The van der Waals surface area contributed by atoms with Crippen LogP contribution in [-0.4, -0.2) is 30.3 Å². The molecule has 0 aromatic heterocycles. The Morgan fingerprint density at radius 1 is 1.37 bits per heavy atom. The van der Waals surface area contributed by atoms with Crippen molar-refractivity contribution in [1.29, 1.82) is 0 Å². The highest BCUT2D eigenvalue weighted by Crippen LogP contribution is 2.22. The lowest BCUT2D eigenvalue weighted by atomic mass is 9.93. The summed E-state index contributed by atoms with van der Waals surface area (Å²) >= 11 is 0. The Hall–Kier alpha value is -1.62. The van der Waals surface area contributed by atoms with Gasteiger partial charge in [-0.05, 0) is 43.9 Å². The smallest absolute Gasteiger partial charge is 0.255 e. The number of benzene rings is 1. The van der Waals surface area contributed by atoms with Crippen molar-refractivity contribution >= 4 is 5.91 Å². The minimum Gasteiger partial charge on any atom is -0.496 e. The summed E-state index contributed by atoms with van der Waals surface area (Å²) in [6, 6.07) is 3.90. The minimum atomic E-state index is -0.468. The Labute approximate surface area is 111 Å². The van der Waals surface area contributed by atoms with Crippen molar-refractivity contribution in [2.75, 3.05) is 7.11 Å². The predicted octanol–water partition coefficient (Wildman–Crippen LogP) is 1.87. The van der Waals surface area contributed by atoms with Gasteiger partial charge in [-0.15, -0.1) is 0 Å². The molecule has 0 unspecified atom stereocenters. The van der Waals surface area contributed by atoms with E-state index in [4.69, 9.17) is 4.74 Å². The van der Waals surface area contributed by atoms with Gasteiger partial charge in [-0.25, -0.2) is 4.39 Å². The highest BCUT2D eigenvalue weighted by atomic mass is 19.1. The number of methoxy groups -OCH3 is 1. The lowest BCUT2D eigenvalue weighted by Gasteiger charge is -2.26. The van der Waals surface area contributed by atoms with Gasteiger partial charge in [0.15, 0.2) is 0 Å². The summed E-state index contributed by atoms with van der Waals surface area (Å²) in [6.45, 7) is 0. The maximum absolute atomic E-state index is 13.2. The van der Waals surface area contributed by atoms with E-state index in [9.17, 15) is 14.3 Å². The summed E-state index contributed by atoms with van der Waals surface area (Å²) < 4.78 is 18.3. The summed E-state index contributed by atoms with van der Waals surface area (Å²) in [5.41, 5.74) is 0.202. The van der Waals surface area contributed by atoms with Crippen LogP contribution in [0.5, 0.6) is 5.75 Å². The molecular weight excluding hydrogens is 249 g/mol. The largest absolute Gasteiger partial charge is 0.496 e. The molecule has 0 bridgehead atoms. The molecule has 4 nitrogen and oxygen atoms in total. The fourth-order valence-electron chi connectivity index (χ4n) is 2.34. The molecule has 2 N–H and O–H groups in total. The number of aliphatic hydroxyl groups excluding tert-OH is 1. The topological polar surface area (TPSA) is 58.6 Å². The average Bonchev–Trinajstić information content (AvgIpc) is 2.41. The van der Waals surface area contributed by atoms with Crippen molar-refractivity contribution in [3.05, 3.63) is 29.6 Å². The van der Waals surface area contributed by atoms with Crippen molar-refractivity contribution in [2.45, 2.75) is 37.8 Å². The van der Waals surface area contributed by atoms with Crippen molar-refractivity contribution in [2.24, 2.45) is 0 Å². The maximum Gasteiger partial charge on any atom is 0.255 e. The molecule has 0 heterocycles. The summed E-state index contributed by atoms with van der Waals surface area (Å²) in [4.78, 5) is 12.1. The summed E-state index contributed by atoms with van der Waals surface area (Å²) in [7, 11) is 1.45. The predicted molar refractivity (Wildman–Crippen MR) is 68.7 cm³/mol. The van der Waals surface area contributed by atoms with Crippen LogP contribution < -0.4 is 10.1 Å². The second-order valence-electron chi connectivity index (χ2n) is 4.82. The minimum absolute atomic E-state index is 0.0314. The molecule has 1 aliphatic carbocycles. The third kappa shape index (κ3) is 3.44. The van der Waals surface area contributed by atoms with Gasteiger partial charge in [-0.3, -0.25) is 4.79 Å². The lowest BCUT2D eigenvalue weighted by molar-refractivity contribution is 0.0864. The van der Waals surface area contributed by atoms with E-state index in [0.717, 1.165) is 12.8 Å². The Morgan fingerprint density at radius 3 is 2.68 bits per heavy atom. The molecule has 2 rings (SSSR count). The second-order valence-corrected chi connectivity index (χ2v) is 4.82. The van der Waals surface area contributed by atoms with Crippen molar-refractivity contribution in [3.63, 3.8) is 0 Å². The molecule has 0 aliphatic heterocycles. The molecule has 0 spiro atoms. The summed E-state index contributed by atoms with van der Waals surface area (Å²) in [5.74, 6) is -0.447. The number of ether oxygens (including phenoxy) is 1. The Morgan fingerprint density at radius 2 is 2.05 bits per heavy atom. The molecule has 1 aromatic rings. The molecule has 0 saturated heterocycles. The zero-order valence-corrected chi connectivity index (χ0v) is 10.9. The van der Waals surface area contributed by atoms with Crippen LogP contribution in [0.1, 0.15) is 36.0 Å². The SMILES string of the molecule is COc1ccc(F)cc1C(=O)NC1CCC(O)CC1. The van der Waals surface area contributed by atoms with Crippen molar-refractivity contribution in [3.8, 4) is 5.75 Å². The van der Waals surface area contributed by atoms with Crippen LogP contribution in [0.2, 0.25) is 0 Å². The first-order chi connectivity index (χ1) is 9.10. The van der Waals surface area contributed by atoms with Crippen LogP contribution in [-0.2, 0) is 0 Å². The molecule has 1 aliphatic rings. The van der Waals surface area contributed by atoms with Gasteiger partial charge in [0.2, 0.25) is 0 Å². The van der Waals surface area contributed by atoms with Gasteiger partial charge in [0.1, 0.15) is 11.6 Å². The van der Waals surface area contributed by atoms with Crippen LogP contribution in [0, 0.1) is 5.82 Å². The van der Waals surface area contributed by atoms with Crippen LogP contribution in [0.3, 0.4) is 0 Å². The van der Waals surface area contributed by atoms with Gasteiger partial charge in [0, 0.05) is 6.04 Å². The van der Waals surface area contributed by atoms with Gasteiger partial charge in [-0.1, -0.05) is 0 Å². The molecule has 1 aromatic carbocycles. The number of aliphatic hydroxyl groups is 1. The monoisotopic (exact) mass is 267 g/mol. The summed E-state index contributed by atoms with van der Waals surface area (Å²) in [6.07, 6.45) is 2.59. The van der Waals surface area contributed by atoms with Gasteiger partial charge in [0.05, 0.1) is 18.8 Å². The van der Waals surface area contributed by atoms with Crippen LogP contribution in [0.15, 0.2) is 18.2 Å². The molecule has 5 heteroatoms. The molecule has 1 amide bonds. The van der Waals surface area contributed by atoms with Crippen molar-refractivity contribution in [1.82, 2.24) is 5.32 Å². The molecular formula is C14H18FNO3. The van der Waals surface area contributed by atoms with E-state index in [1.165, 1.54) is 25.3 Å². The number of hydrogen-bond donors (Lipinski definition) is 2. The molecule has 19 heavy (non-hydrogen) atoms. The van der Waals surface area contributed by atoms with Crippen LogP contribution >= 0.6 is 0 Å².